The minimum absolute atomic E-state index is 0. The Balaban J connectivity index is 0.000000534. The van der Waals surface area contributed by atoms with Crippen molar-refractivity contribution in [1.29, 1.82) is 0 Å². The van der Waals surface area contributed by atoms with Gasteiger partial charge in [-0.25, -0.2) is 34.3 Å². The number of carbonyl (C=O) groups excluding carboxylic acids is 3. The molecular formula is C38H54N8O7S2. The molecule has 0 aliphatic carbocycles. The summed E-state index contributed by atoms with van der Waals surface area (Å²) in [5, 5.41) is 22.2. The summed E-state index contributed by atoms with van der Waals surface area (Å²) in [4.78, 5) is 53.0. The normalized spacial score (nSPS) is 10.6. The Hall–Kier alpha value is -5.13. The van der Waals surface area contributed by atoms with Gasteiger partial charge in [0.2, 0.25) is 0 Å². The van der Waals surface area contributed by atoms with E-state index >= 15 is 0 Å². The third kappa shape index (κ3) is 16.8. The fraction of sp³-hybridized carbons (Fsp3) is 0.395. The standard InChI is InChI=1S/C19H24N4O4S.C17H22N4O3S.2CH4/c1-6-26-16(24)14-11-20-17(28-5)23-15(14)21-12-8-7-9-13(10-12)22-18(25)27-19(2,3)4;1-17(2,3)24-16(23)20-13-7-5-6-12(8-13)19-14-11(10-22)9-18-15(21-14)25-4;;/h7-11H,6H2,1-5H3,(H,22,25)(H,20,21,23);5-9,22H,10H2,1-4H3,(H,20,23)(H,18,19,21);2*1H4. The van der Waals surface area contributed by atoms with Crippen LogP contribution in [-0.2, 0) is 20.8 Å². The molecule has 0 spiro atoms. The average Bonchev–Trinajstić information content (AvgIpc) is 3.07. The molecule has 4 aromatic rings. The van der Waals surface area contributed by atoms with Crippen LogP contribution in [0.1, 0.15) is 79.2 Å². The van der Waals surface area contributed by atoms with Crippen molar-refractivity contribution < 1.29 is 33.7 Å². The molecule has 2 aromatic carbocycles. The lowest BCUT2D eigenvalue weighted by atomic mass is 10.2. The van der Waals surface area contributed by atoms with Gasteiger partial charge in [0.05, 0.1) is 13.2 Å². The smallest absolute Gasteiger partial charge is 0.412 e. The van der Waals surface area contributed by atoms with Crippen molar-refractivity contribution in [2.75, 3.05) is 40.4 Å². The first-order chi connectivity index (χ1) is 25.0. The van der Waals surface area contributed by atoms with Gasteiger partial charge in [0, 0.05) is 40.7 Å². The highest BCUT2D eigenvalue weighted by Gasteiger charge is 2.19. The first kappa shape index (κ1) is 47.9. The maximum Gasteiger partial charge on any atom is 0.412 e. The van der Waals surface area contributed by atoms with Crippen molar-refractivity contribution in [3.05, 3.63) is 72.1 Å². The molecule has 0 fully saturated rings. The van der Waals surface area contributed by atoms with Gasteiger partial charge in [0.1, 0.15) is 28.4 Å². The van der Waals surface area contributed by atoms with Gasteiger partial charge in [-0.3, -0.25) is 10.6 Å². The van der Waals surface area contributed by atoms with E-state index in [1.54, 1.807) is 97.1 Å². The molecule has 2 amide bonds. The molecule has 0 aliphatic heterocycles. The summed E-state index contributed by atoms with van der Waals surface area (Å²) in [5.74, 6) is 0.337. The van der Waals surface area contributed by atoms with Gasteiger partial charge in [-0.05, 0) is 97.4 Å². The fourth-order valence-corrected chi connectivity index (χ4v) is 4.78. The summed E-state index contributed by atoms with van der Waals surface area (Å²) in [6, 6.07) is 14.1. The van der Waals surface area contributed by atoms with Crippen LogP contribution in [0.15, 0.2) is 71.2 Å². The zero-order valence-corrected chi connectivity index (χ0v) is 32.8. The van der Waals surface area contributed by atoms with Crippen LogP contribution in [0.3, 0.4) is 0 Å². The summed E-state index contributed by atoms with van der Waals surface area (Å²) in [6.07, 6.45) is 5.67. The first-order valence-corrected chi connectivity index (χ1v) is 18.8. The molecule has 4 rings (SSSR count). The number of aliphatic hydroxyl groups excluding tert-OH is 1. The predicted octanol–water partition coefficient (Wildman–Crippen LogP) is 9.52. The largest absolute Gasteiger partial charge is 0.462 e. The highest BCUT2D eigenvalue weighted by Crippen LogP contribution is 2.26. The van der Waals surface area contributed by atoms with Crippen molar-refractivity contribution >= 4 is 76.1 Å². The third-order valence-corrected chi connectivity index (χ3v) is 7.30. The molecule has 17 heteroatoms. The molecule has 0 aliphatic rings. The van der Waals surface area contributed by atoms with E-state index in [1.165, 1.54) is 29.7 Å². The second-order valence-corrected chi connectivity index (χ2v) is 14.4. The Bertz CT molecular complexity index is 1870. The van der Waals surface area contributed by atoms with Crippen LogP contribution in [0.4, 0.5) is 44.0 Å². The van der Waals surface area contributed by atoms with E-state index in [1.807, 2.05) is 18.6 Å². The molecule has 0 saturated heterocycles. The second-order valence-electron chi connectivity index (χ2n) is 12.9. The number of carbonyl (C=O) groups is 3. The van der Waals surface area contributed by atoms with Gasteiger partial charge in [0.15, 0.2) is 10.3 Å². The van der Waals surface area contributed by atoms with E-state index < -0.39 is 29.4 Å². The zero-order valence-electron chi connectivity index (χ0n) is 31.2. The molecule has 2 heterocycles. The van der Waals surface area contributed by atoms with E-state index in [0.717, 1.165) is 0 Å². The number of rotatable bonds is 11. The molecule has 15 nitrogen and oxygen atoms in total. The van der Waals surface area contributed by atoms with Crippen molar-refractivity contribution in [2.24, 2.45) is 0 Å². The summed E-state index contributed by atoms with van der Waals surface area (Å²) in [6.45, 7) is 12.6. The van der Waals surface area contributed by atoms with Crippen LogP contribution < -0.4 is 21.3 Å². The molecule has 55 heavy (non-hydrogen) atoms. The summed E-state index contributed by atoms with van der Waals surface area (Å²) >= 11 is 2.77. The molecular weight excluding hydrogens is 745 g/mol. The molecule has 300 valence electrons. The lowest BCUT2D eigenvalue weighted by Gasteiger charge is -2.20. The number of amides is 2. The SMILES string of the molecule is C.C.CCOC(=O)c1cnc(SC)nc1Nc1cccc(NC(=O)OC(C)(C)C)c1.CSc1ncc(CO)c(Nc2cccc(NC(=O)OC(C)(C)C)c2)n1. The Kier molecular flexibility index (Phi) is 19.4. The van der Waals surface area contributed by atoms with Gasteiger partial charge >= 0.3 is 18.2 Å². The van der Waals surface area contributed by atoms with E-state index in [4.69, 9.17) is 14.2 Å². The first-order valence-electron chi connectivity index (χ1n) is 16.4. The minimum atomic E-state index is -0.594. The van der Waals surface area contributed by atoms with Crippen molar-refractivity contribution in [3.8, 4) is 0 Å². The van der Waals surface area contributed by atoms with Crippen molar-refractivity contribution in [1.82, 2.24) is 19.9 Å². The Morgan fingerprint density at radius 3 is 1.58 bits per heavy atom. The van der Waals surface area contributed by atoms with Gasteiger partial charge in [0.25, 0.3) is 0 Å². The monoisotopic (exact) mass is 798 g/mol. The number of anilines is 6. The lowest BCUT2D eigenvalue weighted by Crippen LogP contribution is -2.27. The topological polar surface area (TPSA) is 199 Å². The Labute approximate surface area is 332 Å². The number of aliphatic hydroxyl groups is 1. The number of nitrogens with one attached hydrogen (secondary N) is 4. The number of hydrogen-bond donors (Lipinski definition) is 5. The van der Waals surface area contributed by atoms with Gasteiger partial charge in [-0.2, -0.15) is 0 Å². The molecule has 2 aromatic heterocycles. The van der Waals surface area contributed by atoms with Crippen molar-refractivity contribution in [2.45, 2.75) is 91.4 Å². The van der Waals surface area contributed by atoms with E-state index in [-0.39, 0.29) is 33.6 Å². The summed E-state index contributed by atoms with van der Waals surface area (Å²) in [7, 11) is 0. The lowest BCUT2D eigenvalue weighted by molar-refractivity contribution is 0.0524. The Morgan fingerprint density at radius 2 is 1.15 bits per heavy atom. The van der Waals surface area contributed by atoms with Crippen LogP contribution in [0.25, 0.3) is 0 Å². The summed E-state index contributed by atoms with van der Waals surface area (Å²) < 4.78 is 15.6. The van der Waals surface area contributed by atoms with Gasteiger partial charge < -0.3 is 30.0 Å². The van der Waals surface area contributed by atoms with E-state index in [9.17, 15) is 19.5 Å². The molecule has 0 radical (unpaired) electrons. The molecule has 0 unspecified atom stereocenters. The average molecular weight is 799 g/mol. The number of nitrogens with zero attached hydrogens (tertiary/aromatic N) is 4. The molecule has 5 N–H and O–H groups in total. The quantitative estimate of drug-likeness (QED) is 0.0416. The van der Waals surface area contributed by atoms with Crippen molar-refractivity contribution in [3.63, 3.8) is 0 Å². The fourth-order valence-electron chi connectivity index (χ4n) is 4.10. The molecule has 0 saturated carbocycles. The van der Waals surface area contributed by atoms with Crippen LogP contribution in [-0.4, -0.2) is 73.5 Å². The third-order valence-electron chi connectivity index (χ3n) is 6.18. The number of hydrogen-bond acceptors (Lipinski definition) is 15. The Morgan fingerprint density at radius 1 is 0.709 bits per heavy atom. The van der Waals surface area contributed by atoms with Crippen LogP contribution in [0, 0.1) is 0 Å². The highest BCUT2D eigenvalue weighted by molar-refractivity contribution is 7.98. The van der Waals surface area contributed by atoms with Gasteiger partial charge in [-0.1, -0.05) is 50.5 Å². The van der Waals surface area contributed by atoms with Gasteiger partial charge in [-0.15, -0.1) is 0 Å². The second kappa shape index (κ2) is 22.3. The number of aromatic nitrogens is 4. The maximum atomic E-state index is 12.2. The molecule has 0 bridgehead atoms. The van der Waals surface area contributed by atoms with Crippen LogP contribution >= 0.6 is 23.5 Å². The number of benzene rings is 2. The number of thioether (sulfide) groups is 2. The maximum absolute atomic E-state index is 12.2. The van der Waals surface area contributed by atoms with E-state index in [2.05, 4.69) is 41.2 Å². The number of ether oxygens (including phenoxy) is 3. The summed E-state index contributed by atoms with van der Waals surface area (Å²) in [5.41, 5.74) is 2.13. The van der Waals surface area contributed by atoms with Crippen LogP contribution in [0.5, 0.6) is 0 Å². The number of esters is 1. The van der Waals surface area contributed by atoms with E-state index in [0.29, 0.717) is 50.3 Å². The van der Waals surface area contributed by atoms with Crippen LogP contribution in [0.2, 0.25) is 0 Å². The minimum Gasteiger partial charge on any atom is -0.462 e. The molecule has 0 atom stereocenters. The predicted molar refractivity (Wildman–Crippen MR) is 222 cm³/mol. The highest BCUT2D eigenvalue weighted by atomic mass is 32.2. The zero-order chi connectivity index (χ0) is 39.2.